The van der Waals surface area contributed by atoms with E-state index in [4.69, 9.17) is 0 Å². The highest BCUT2D eigenvalue weighted by Crippen LogP contribution is 2.12. The van der Waals surface area contributed by atoms with Gasteiger partial charge in [-0.05, 0) is 45.0 Å². The molecule has 1 unspecified atom stereocenters. The van der Waals surface area contributed by atoms with Crippen molar-refractivity contribution in [3.8, 4) is 0 Å². The molecular weight excluding hydrogens is 302 g/mol. The summed E-state index contributed by atoms with van der Waals surface area (Å²) in [5.41, 5.74) is 1.86. The van der Waals surface area contributed by atoms with Gasteiger partial charge in [-0.3, -0.25) is 9.69 Å². The van der Waals surface area contributed by atoms with E-state index in [1.54, 1.807) is 10.9 Å². The van der Waals surface area contributed by atoms with E-state index < -0.39 is 0 Å². The molecule has 24 heavy (non-hydrogen) atoms. The molecule has 0 saturated carbocycles. The lowest BCUT2D eigenvalue weighted by atomic mass is 10.1. The van der Waals surface area contributed by atoms with Gasteiger partial charge in [0.25, 0.3) is 5.91 Å². The Bertz CT molecular complexity index is 662. The first-order chi connectivity index (χ1) is 11.4. The molecule has 1 heterocycles. The maximum Gasteiger partial charge on any atom is 0.251 e. The Labute approximate surface area is 143 Å². The topological polar surface area (TPSA) is 63.1 Å². The van der Waals surface area contributed by atoms with Gasteiger partial charge in [-0.15, -0.1) is 10.2 Å². The lowest BCUT2D eigenvalue weighted by Gasteiger charge is -2.24. The zero-order chi connectivity index (χ0) is 17.7. The number of benzene rings is 1. The minimum absolute atomic E-state index is 0.103. The molecule has 0 aliphatic heterocycles. The van der Waals surface area contributed by atoms with E-state index in [2.05, 4.69) is 41.2 Å². The summed E-state index contributed by atoms with van der Waals surface area (Å²) in [5.74, 6) is 0.628. The van der Waals surface area contributed by atoms with Gasteiger partial charge < -0.3 is 9.88 Å². The highest BCUT2D eigenvalue weighted by atomic mass is 16.1. The number of nitrogens with zero attached hydrogens (tertiary/aromatic N) is 4. The first-order valence-corrected chi connectivity index (χ1v) is 8.40. The Hall–Kier alpha value is -2.21. The largest absolute Gasteiger partial charge is 0.342 e. The summed E-state index contributed by atoms with van der Waals surface area (Å²) < 4.78 is 1.80. The monoisotopic (exact) mass is 329 g/mol. The van der Waals surface area contributed by atoms with Crippen LogP contribution in [0.4, 0.5) is 0 Å². The molecule has 0 bridgehead atoms. The highest BCUT2D eigenvalue weighted by Gasteiger charge is 2.15. The van der Waals surface area contributed by atoms with E-state index in [9.17, 15) is 4.79 Å². The first-order valence-electron chi connectivity index (χ1n) is 8.40. The SMILES string of the molecule is CCN(Cc1ccc(C(=O)NC(C)c2nncn2C)cc1)C(C)C. The molecule has 0 aliphatic rings. The van der Waals surface area contributed by atoms with Crippen LogP contribution in [0.15, 0.2) is 30.6 Å². The molecule has 0 fully saturated rings. The zero-order valence-electron chi connectivity index (χ0n) is 15.2. The molecule has 2 aromatic rings. The van der Waals surface area contributed by atoms with Gasteiger partial charge in [0.05, 0.1) is 6.04 Å². The standard InChI is InChI=1S/C18H27N5O/c1-6-23(13(2)3)11-15-7-9-16(10-8-15)18(24)20-14(4)17-21-19-12-22(17)5/h7-10,12-14H,6,11H2,1-5H3,(H,20,24). The number of amides is 1. The van der Waals surface area contributed by atoms with Crippen molar-refractivity contribution in [3.05, 3.63) is 47.5 Å². The van der Waals surface area contributed by atoms with Crippen LogP contribution in [-0.4, -0.2) is 38.2 Å². The van der Waals surface area contributed by atoms with Gasteiger partial charge in [-0.2, -0.15) is 0 Å². The van der Waals surface area contributed by atoms with Crippen molar-refractivity contribution in [2.75, 3.05) is 6.54 Å². The Morgan fingerprint density at radius 1 is 1.25 bits per heavy atom. The van der Waals surface area contributed by atoms with Crippen LogP contribution >= 0.6 is 0 Å². The van der Waals surface area contributed by atoms with E-state index in [-0.39, 0.29) is 11.9 Å². The van der Waals surface area contributed by atoms with Gasteiger partial charge in [0.2, 0.25) is 0 Å². The van der Waals surface area contributed by atoms with Crippen molar-refractivity contribution in [1.82, 2.24) is 25.0 Å². The molecule has 1 atom stereocenters. The van der Waals surface area contributed by atoms with Gasteiger partial charge in [-0.1, -0.05) is 19.1 Å². The van der Waals surface area contributed by atoms with E-state index in [0.717, 1.165) is 18.9 Å². The summed E-state index contributed by atoms with van der Waals surface area (Å²) in [6.07, 6.45) is 1.63. The smallest absolute Gasteiger partial charge is 0.251 e. The van der Waals surface area contributed by atoms with Gasteiger partial charge >= 0.3 is 0 Å². The number of hydrogen-bond acceptors (Lipinski definition) is 4. The average molecular weight is 329 g/mol. The number of carbonyl (C=O) groups is 1. The molecule has 0 radical (unpaired) electrons. The number of aromatic nitrogens is 3. The molecule has 6 heteroatoms. The quantitative estimate of drug-likeness (QED) is 0.848. The van der Waals surface area contributed by atoms with Crippen LogP contribution in [0.5, 0.6) is 0 Å². The van der Waals surface area contributed by atoms with Crippen LogP contribution in [0.1, 0.15) is 55.5 Å². The second kappa shape index (κ2) is 8.06. The third-order valence-electron chi connectivity index (χ3n) is 4.22. The van der Waals surface area contributed by atoms with Crippen LogP contribution in [0, 0.1) is 0 Å². The fourth-order valence-corrected chi connectivity index (χ4v) is 2.68. The molecule has 1 N–H and O–H groups in total. The van der Waals surface area contributed by atoms with Crippen molar-refractivity contribution in [1.29, 1.82) is 0 Å². The number of rotatable bonds is 7. The molecule has 6 nitrogen and oxygen atoms in total. The first kappa shape index (κ1) is 18.1. The normalized spacial score (nSPS) is 12.6. The van der Waals surface area contributed by atoms with Crippen LogP contribution in [0.3, 0.4) is 0 Å². The lowest BCUT2D eigenvalue weighted by Crippen LogP contribution is -2.30. The second-order valence-electron chi connectivity index (χ2n) is 6.35. The van der Waals surface area contributed by atoms with Crippen molar-refractivity contribution >= 4 is 5.91 Å². The summed E-state index contributed by atoms with van der Waals surface area (Å²) in [6.45, 7) is 10.4. The van der Waals surface area contributed by atoms with Crippen LogP contribution in [0.2, 0.25) is 0 Å². The maximum absolute atomic E-state index is 12.4. The molecule has 130 valence electrons. The summed E-state index contributed by atoms with van der Waals surface area (Å²) in [5, 5.41) is 10.8. The maximum atomic E-state index is 12.4. The third kappa shape index (κ3) is 4.41. The van der Waals surface area contributed by atoms with E-state index >= 15 is 0 Å². The fourth-order valence-electron chi connectivity index (χ4n) is 2.68. The molecule has 0 saturated heterocycles. The van der Waals surface area contributed by atoms with Crippen LogP contribution in [0.25, 0.3) is 0 Å². The molecule has 1 amide bonds. The van der Waals surface area contributed by atoms with Crippen molar-refractivity contribution in [2.24, 2.45) is 7.05 Å². The highest BCUT2D eigenvalue weighted by molar-refractivity contribution is 5.94. The van der Waals surface area contributed by atoms with E-state index in [1.807, 2.05) is 38.2 Å². The zero-order valence-corrected chi connectivity index (χ0v) is 15.2. The summed E-state index contributed by atoms with van der Waals surface area (Å²) in [7, 11) is 1.86. The van der Waals surface area contributed by atoms with Crippen LogP contribution < -0.4 is 5.32 Å². The number of hydrogen-bond donors (Lipinski definition) is 1. The molecule has 1 aromatic heterocycles. The molecule has 1 aromatic carbocycles. The predicted octanol–water partition coefficient (Wildman–Crippen LogP) is 2.54. The van der Waals surface area contributed by atoms with Crippen molar-refractivity contribution in [3.63, 3.8) is 0 Å². The summed E-state index contributed by atoms with van der Waals surface area (Å²) in [6, 6.07) is 8.11. The van der Waals surface area contributed by atoms with Crippen LogP contribution in [-0.2, 0) is 13.6 Å². The molecule has 0 spiro atoms. The van der Waals surface area contributed by atoms with E-state index in [1.165, 1.54) is 5.56 Å². The summed E-state index contributed by atoms with van der Waals surface area (Å²) >= 11 is 0. The molecule has 0 aliphatic carbocycles. The predicted molar refractivity (Wildman–Crippen MR) is 94.5 cm³/mol. The fraction of sp³-hybridized carbons (Fsp3) is 0.500. The van der Waals surface area contributed by atoms with Gasteiger partial charge in [0.1, 0.15) is 6.33 Å². The molecule has 2 rings (SSSR count). The van der Waals surface area contributed by atoms with Gasteiger partial charge in [0, 0.05) is 25.2 Å². The molecular formula is C18H27N5O. The number of nitrogens with one attached hydrogen (secondary N) is 1. The van der Waals surface area contributed by atoms with Gasteiger partial charge in [0.15, 0.2) is 5.82 Å². The number of aryl methyl sites for hydroxylation is 1. The van der Waals surface area contributed by atoms with E-state index in [0.29, 0.717) is 11.6 Å². The Balaban J connectivity index is 1.99. The number of carbonyl (C=O) groups excluding carboxylic acids is 1. The van der Waals surface area contributed by atoms with Crippen molar-refractivity contribution < 1.29 is 4.79 Å². The van der Waals surface area contributed by atoms with Crippen molar-refractivity contribution in [2.45, 2.75) is 46.3 Å². The Morgan fingerprint density at radius 2 is 1.92 bits per heavy atom. The minimum atomic E-state index is -0.193. The average Bonchev–Trinajstić information content (AvgIpc) is 2.99. The Kier molecular flexibility index (Phi) is 6.09. The second-order valence-corrected chi connectivity index (χ2v) is 6.35. The lowest BCUT2D eigenvalue weighted by molar-refractivity contribution is 0.0937. The Morgan fingerprint density at radius 3 is 2.42 bits per heavy atom. The summed E-state index contributed by atoms with van der Waals surface area (Å²) in [4.78, 5) is 14.8. The third-order valence-corrected chi connectivity index (χ3v) is 4.22. The van der Waals surface area contributed by atoms with Gasteiger partial charge in [-0.25, -0.2) is 0 Å². The minimum Gasteiger partial charge on any atom is -0.342 e.